The number of methoxy groups -OCH3 is 2. The number of piperidine rings is 1. The van der Waals surface area contributed by atoms with Gasteiger partial charge in [-0.2, -0.15) is 4.31 Å². The molecule has 4 rings (SSSR count). The Kier molecular flexibility index (Phi) is 6.24. The van der Waals surface area contributed by atoms with E-state index in [9.17, 15) is 8.42 Å². The van der Waals surface area contributed by atoms with Gasteiger partial charge >= 0.3 is 0 Å². The van der Waals surface area contributed by atoms with Gasteiger partial charge in [0.1, 0.15) is 0 Å². The Bertz CT molecular complexity index is 1090. The highest BCUT2D eigenvalue weighted by Crippen LogP contribution is 2.41. The van der Waals surface area contributed by atoms with E-state index in [1.165, 1.54) is 32.4 Å². The smallest absolute Gasteiger partial charge is 0.245 e. The summed E-state index contributed by atoms with van der Waals surface area (Å²) in [5.74, 6) is 1.13. The number of benzene rings is 1. The van der Waals surface area contributed by atoms with Crippen LogP contribution in [0.1, 0.15) is 19.0 Å². The molecule has 0 saturated carbocycles. The van der Waals surface area contributed by atoms with Gasteiger partial charge in [0.25, 0.3) is 0 Å². The Labute approximate surface area is 187 Å². The molecule has 2 fully saturated rings. The molecule has 1 aromatic heterocycles. The third-order valence-electron chi connectivity index (χ3n) is 5.97. The largest absolute Gasteiger partial charge is 0.493 e. The fourth-order valence-corrected chi connectivity index (χ4v) is 5.96. The number of aryl methyl sites for hydroxylation is 1. The molecule has 32 heavy (non-hydrogen) atoms. The number of sulfonamides is 1. The summed E-state index contributed by atoms with van der Waals surface area (Å²) in [5, 5.41) is 0. The van der Waals surface area contributed by atoms with Crippen LogP contribution in [0.5, 0.6) is 11.5 Å². The van der Waals surface area contributed by atoms with Crippen molar-refractivity contribution in [1.29, 1.82) is 0 Å². The molecule has 2 aromatic rings. The van der Waals surface area contributed by atoms with Gasteiger partial charge in [0.05, 0.1) is 32.3 Å². The third-order valence-corrected chi connectivity index (χ3v) is 7.89. The molecule has 2 aliphatic heterocycles. The molecule has 174 valence electrons. The molecule has 2 atom stereocenters. The highest BCUT2D eigenvalue weighted by atomic mass is 32.2. The zero-order valence-electron chi connectivity index (χ0n) is 18.3. The predicted molar refractivity (Wildman–Crippen MR) is 115 cm³/mol. The van der Waals surface area contributed by atoms with Crippen molar-refractivity contribution >= 4 is 16.0 Å². The van der Waals surface area contributed by atoms with E-state index in [2.05, 4.69) is 9.97 Å². The second-order valence-electron chi connectivity index (χ2n) is 7.65. The number of hydrogen-bond donors (Lipinski definition) is 0. The van der Waals surface area contributed by atoms with Crippen LogP contribution in [0.15, 0.2) is 35.4 Å². The predicted octanol–water partition coefficient (Wildman–Crippen LogP) is 2.02. The minimum Gasteiger partial charge on any atom is -0.493 e. The van der Waals surface area contributed by atoms with Gasteiger partial charge in [-0.15, -0.1) is 0 Å². The third kappa shape index (κ3) is 3.78. The number of alkyl halides is 1. The number of hydrogen-bond acceptors (Lipinski definition) is 8. The van der Waals surface area contributed by atoms with E-state index in [0.29, 0.717) is 18.2 Å². The lowest BCUT2D eigenvalue weighted by Gasteiger charge is -2.45. The van der Waals surface area contributed by atoms with Gasteiger partial charge < -0.3 is 19.1 Å². The molecule has 11 heteroatoms. The van der Waals surface area contributed by atoms with Gasteiger partial charge in [-0.1, -0.05) is 6.92 Å². The second-order valence-corrected chi connectivity index (χ2v) is 9.51. The molecule has 0 amide bonds. The number of anilines is 1. The highest BCUT2D eigenvalue weighted by Gasteiger charge is 2.57. The van der Waals surface area contributed by atoms with Crippen molar-refractivity contribution in [3.05, 3.63) is 36.2 Å². The molecular formula is C21H27FN4O5S. The SMILES string of the molecule is CCc1ccnc(N2CCC3(OCCN3S(=O)(=O)c3ccc(OC)c(OC)c3)C(F)C2)n1. The minimum atomic E-state index is -4.05. The fourth-order valence-electron chi connectivity index (χ4n) is 4.23. The molecule has 1 spiro atoms. The van der Waals surface area contributed by atoms with Crippen molar-refractivity contribution in [3.63, 3.8) is 0 Å². The lowest BCUT2D eigenvalue weighted by molar-refractivity contribution is -0.116. The molecule has 0 aliphatic carbocycles. The summed E-state index contributed by atoms with van der Waals surface area (Å²) in [6.45, 7) is 2.48. The lowest BCUT2D eigenvalue weighted by atomic mass is 9.99. The first-order valence-electron chi connectivity index (χ1n) is 10.5. The summed E-state index contributed by atoms with van der Waals surface area (Å²) in [5.41, 5.74) is -0.703. The monoisotopic (exact) mass is 466 g/mol. The van der Waals surface area contributed by atoms with E-state index >= 15 is 4.39 Å². The van der Waals surface area contributed by atoms with Crippen molar-refractivity contribution in [2.24, 2.45) is 0 Å². The van der Waals surface area contributed by atoms with Crippen molar-refractivity contribution in [3.8, 4) is 11.5 Å². The molecule has 3 heterocycles. The molecule has 1 aromatic carbocycles. The summed E-state index contributed by atoms with van der Waals surface area (Å²) in [6.07, 6.45) is 0.967. The number of nitrogens with zero attached hydrogens (tertiary/aromatic N) is 4. The average molecular weight is 467 g/mol. The van der Waals surface area contributed by atoms with Crippen molar-refractivity contribution in [2.75, 3.05) is 45.4 Å². The normalized spacial score (nSPS) is 24.1. The standard InChI is InChI=1S/C21H27FN4O5S/c1-4-15-7-9-23-20(24-15)25-10-8-21(19(22)14-25)26(11-12-31-21)32(27,28)16-5-6-17(29-2)18(13-16)30-3/h5-7,9,13,19H,4,8,10-12,14H2,1-3H3. The van der Waals surface area contributed by atoms with E-state index in [0.717, 1.165) is 16.4 Å². The Morgan fingerprint density at radius 3 is 2.69 bits per heavy atom. The van der Waals surface area contributed by atoms with Crippen LogP contribution in [0.3, 0.4) is 0 Å². The average Bonchev–Trinajstić information content (AvgIpc) is 3.26. The first kappa shape index (κ1) is 22.7. The topological polar surface area (TPSA) is 94.1 Å². The van der Waals surface area contributed by atoms with Gasteiger partial charge in [-0.25, -0.2) is 22.8 Å². The summed E-state index contributed by atoms with van der Waals surface area (Å²) >= 11 is 0. The van der Waals surface area contributed by atoms with E-state index in [-0.39, 0.29) is 36.8 Å². The second kappa shape index (κ2) is 8.80. The van der Waals surface area contributed by atoms with E-state index < -0.39 is 21.9 Å². The summed E-state index contributed by atoms with van der Waals surface area (Å²) in [6, 6.07) is 6.14. The zero-order valence-corrected chi connectivity index (χ0v) is 19.1. The maximum absolute atomic E-state index is 15.6. The number of rotatable bonds is 6. The molecule has 2 unspecified atom stereocenters. The molecule has 0 N–H and O–H groups in total. The van der Waals surface area contributed by atoms with Gasteiger partial charge in [0.15, 0.2) is 23.4 Å². The van der Waals surface area contributed by atoms with Crippen molar-refractivity contribution in [1.82, 2.24) is 14.3 Å². The molecule has 2 aliphatic rings. The molecule has 9 nitrogen and oxygen atoms in total. The maximum Gasteiger partial charge on any atom is 0.245 e. The van der Waals surface area contributed by atoms with E-state index in [1.54, 1.807) is 11.1 Å². The van der Waals surface area contributed by atoms with Crippen LogP contribution in [0.4, 0.5) is 10.3 Å². The fraction of sp³-hybridized carbons (Fsp3) is 0.524. The van der Waals surface area contributed by atoms with Crippen LogP contribution in [0, 0.1) is 0 Å². The number of aromatic nitrogens is 2. The van der Waals surface area contributed by atoms with E-state index in [4.69, 9.17) is 14.2 Å². The van der Waals surface area contributed by atoms with Crippen molar-refractivity contribution < 1.29 is 27.0 Å². The van der Waals surface area contributed by atoms with E-state index in [1.807, 2.05) is 13.0 Å². The Hall–Kier alpha value is -2.50. The molecule has 0 bridgehead atoms. The van der Waals surface area contributed by atoms with Gasteiger partial charge in [0.2, 0.25) is 16.0 Å². The maximum atomic E-state index is 15.6. The number of ether oxygens (including phenoxy) is 3. The lowest BCUT2D eigenvalue weighted by Crippen LogP contribution is -2.62. The molecular weight excluding hydrogens is 439 g/mol. The molecule has 0 radical (unpaired) electrons. The Morgan fingerprint density at radius 1 is 1.22 bits per heavy atom. The van der Waals surface area contributed by atoms with Crippen LogP contribution >= 0.6 is 0 Å². The Morgan fingerprint density at radius 2 is 2.00 bits per heavy atom. The van der Waals surface area contributed by atoms with Crippen LogP contribution in [0.25, 0.3) is 0 Å². The minimum absolute atomic E-state index is 0.00589. The summed E-state index contributed by atoms with van der Waals surface area (Å²) < 4.78 is 60.0. The summed E-state index contributed by atoms with van der Waals surface area (Å²) in [4.78, 5) is 10.5. The molecule has 2 saturated heterocycles. The van der Waals surface area contributed by atoms with Crippen LogP contribution in [-0.2, 0) is 21.2 Å². The summed E-state index contributed by atoms with van der Waals surface area (Å²) in [7, 11) is -1.15. The van der Waals surface area contributed by atoms with Crippen LogP contribution in [-0.4, -0.2) is 75.0 Å². The van der Waals surface area contributed by atoms with Gasteiger partial charge in [-0.05, 0) is 24.6 Å². The van der Waals surface area contributed by atoms with Gasteiger partial charge in [0, 0.05) is 37.5 Å². The number of halogens is 1. The zero-order chi connectivity index (χ0) is 22.9. The first-order valence-corrected chi connectivity index (χ1v) is 11.9. The quantitative estimate of drug-likeness (QED) is 0.638. The highest BCUT2D eigenvalue weighted by molar-refractivity contribution is 7.89. The first-order chi connectivity index (χ1) is 15.4. The van der Waals surface area contributed by atoms with Crippen LogP contribution in [0.2, 0.25) is 0 Å². The van der Waals surface area contributed by atoms with Gasteiger partial charge in [-0.3, -0.25) is 0 Å². The Balaban J connectivity index is 1.61. The van der Waals surface area contributed by atoms with Crippen molar-refractivity contribution in [2.45, 2.75) is 36.6 Å². The van der Waals surface area contributed by atoms with Crippen LogP contribution < -0.4 is 14.4 Å².